The molecule has 0 spiro atoms. The number of benzene rings is 1. The fourth-order valence-electron chi connectivity index (χ4n) is 1.61. The van der Waals surface area contributed by atoms with Gasteiger partial charge in [-0.05, 0) is 18.6 Å². The number of amides is 1. The standard InChI is InChI=1S/C12H18N2O5S/c1-4-5-14-12(15)8-6-9(18-2)11(19-3)10(7-8)20(13,16)17/h6-7H,4-5H2,1-3H3,(H,14,15)(H2,13,16,17). The number of primary sulfonamides is 1. The molecule has 0 atom stereocenters. The molecule has 0 bridgehead atoms. The molecule has 3 N–H and O–H groups in total. The molecular weight excluding hydrogens is 284 g/mol. The summed E-state index contributed by atoms with van der Waals surface area (Å²) in [4.78, 5) is 11.6. The SMILES string of the molecule is CCCNC(=O)c1cc(OC)c(OC)c(S(N)(=O)=O)c1. The summed E-state index contributed by atoms with van der Waals surface area (Å²) in [6.07, 6.45) is 0.765. The number of carbonyl (C=O) groups excluding carboxylic acids is 1. The van der Waals surface area contributed by atoms with Crippen LogP contribution in [0.2, 0.25) is 0 Å². The monoisotopic (exact) mass is 302 g/mol. The molecule has 1 aromatic carbocycles. The molecule has 0 aliphatic rings. The van der Waals surface area contributed by atoms with E-state index >= 15 is 0 Å². The summed E-state index contributed by atoms with van der Waals surface area (Å²) in [5.74, 6) is -0.305. The lowest BCUT2D eigenvalue weighted by atomic mass is 10.2. The van der Waals surface area contributed by atoms with Crippen LogP contribution in [-0.4, -0.2) is 35.1 Å². The zero-order valence-electron chi connectivity index (χ0n) is 11.6. The maximum Gasteiger partial charge on any atom is 0.251 e. The highest BCUT2D eigenvalue weighted by atomic mass is 32.2. The zero-order chi connectivity index (χ0) is 15.3. The van der Waals surface area contributed by atoms with Crippen LogP contribution in [0.25, 0.3) is 0 Å². The quantitative estimate of drug-likeness (QED) is 0.795. The molecule has 0 saturated heterocycles. The van der Waals surface area contributed by atoms with Crippen molar-refractivity contribution in [3.8, 4) is 11.5 Å². The summed E-state index contributed by atoms with van der Waals surface area (Å²) >= 11 is 0. The normalized spacial score (nSPS) is 11.0. The third kappa shape index (κ3) is 3.61. The number of methoxy groups -OCH3 is 2. The smallest absolute Gasteiger partial charge is 0.251 e. The molecule has 0 radical (unpaired) electrons. The summed E-state index contributed by atoms with van der Waals surface area (Å²) in [7, 11) is -1.40. The Morgan fingerprint density at radius 2 is 1.95 bits per heavy atom. The Labute approximate surface area is 118 Å². The van der Waals surface area contributed by atoms with Gasteiger partial charge in [-0.1, -0.05) is 6.92 Å². The van der Waals surface area contributed by atoms with Crippen molar-refractivity contribution in [3.05, 3.63) is 17.7 Å². The van der Waals surface area contributed by atoms with Gasteiger partial charge < -0.3 is 14.8 Å². The van der Waals surface area contributed by atoms with Gasteiger partial charge in [-0.25, -0.2) is 13.6 Å². The number of ether oxygens (including phenoxy) is 2. The lowest BCUT2D eigenvalue weighted by molar-refractivity contribution is 0.0953. The Hall–Kier alpha value is -1.80. The molecule has 1 aromatic rings. The van der Waals surface area contributed by atoms with E-state index in [1.54, 1.807) is 0 Å². The van der Waals surface area contributed by atoms with Crippen molar-refractivity contribution in [3.63, 3.8) is 0 Å². The van der Waals surface area contributed by atoms with Crippen molar-refractivity contribution >= 4 is 15.9 Å². The maximum atomic E-state index is 11.9. The molecule has 0 aliphatic heterocycles. The zero-order valence-corrected chi connectivity index (χ0v) is 12.4. The Kier molecular flexibility index (Phi) is 5.34. The van der Waals surface area contributed by atoms with Crippen LogP contribution in [0.5, 0.6) is 11.5 Å². The van der Waals surface area contributed by atoms with E-state index in [1.165, 1.54) is 26.4 Å². The van der Waals surface area contributed by atoms with Crippen molar-refractivity contribution in [2.45, 2.75) is 18.2 Å². The van der Waals surface area contributed by atoms with E-state index < -0.39 is 15.9 Å². The second-order valence-corrected chi connectivity index (χ2v) is 5.54. The minimum Gasteiger partial charge on any atom is -0.493 e. The Morgan fingerprint density at radius 1 is 1.30 bits per heavy atom. The van der Waals surface area contributed by atoms with Gasteiger partial charge in [0.1, 0.15) is 4.90 Å². The fraction of sp³-hybridized carbons (Fsp3) is 0.417. The molecule has 0 heterocycles. The lowest BCUT2D eigenvalue weighted by Crippen LogP contribution is -2.24. The fourth-order valence-corrected chi connectivity index (χ4v) is 2.35. The number of nitrogens with two attached hydrogens (primary N) is 1. The Balaban J connectivity index is 3.40. The van der Waals surface area contributed by atoms with E-state index in [-0.39, 0.29) is 22.0 Å². The summed E-state index contributed by atoms with van der Waals surface area (Å²) in [6, 6.07) is 2.57. The second kappa shape index (κ2) is 6.58. The highest BCUT2D eigenvalue weighted by Crippen LogP contribution is 2.34. The van der Waals surface area contributed by atoms with Gasteiger partial charge in [-0.2, -0.15) is 0 Å². The van der Waals surface area contributed by atoms with Gasteiger partial charge in [0.2, 0.25) is 10.0 Å². The molecule has 112 valence electrons. The number of rotatable bonds is 6. The first kappa shape index (κ1) is 16.3. The van der Waals surface area contributed by atoms with E-state index in [0.29, 0.717) is 6.54 Å². The summed E-state index contributed by atoms with van der Waals surface area (Å²) in [5.41, 5.74) is 0.139. The highest BCUT2D eigenvalue weighted by molar-refractivity contribution is 7.89. The summed E-state index contributed by atoms with van der Waals surface area (Å²) in [5, 5.41) is 7.78. The van der Waals surface area contributed by atoms with Gasteiger partial charge >= 0.3 is 0 Å². The van der Waals surface area contributed by atoms with Crippen molar-refractivity contribution in [1.82, 2.24) is 5.32 Å². The molecule has 20 heavy (non-hydrogen) atoms. The second-order valence-electron chi connectivity index (χ2n) is 4.01. The number of sulfonamides is 1. The Bertz CT molecular complexity index is 598. The minimum absolute atomic E-state index is 0.0259. The lowest BCUT2D eigenvalue weighted by Gasteiger charge is -2.13. The van der Waals surface area contributed by atoms with E-state index in [0.717, 1.165) is 6.42 Å². The van der Waals surface area contributed by atoms with Gasteiger partial charge in [0.15, 0.2) is 11.5 Å². The molecular formula is C12H18N2O5S. The number of nitrogens with one attached hydrogen (secondary N) is 1. The molecule has 1 amide bonds. The number of hydrogen-bond acceptors (Lipinski definition) is 5. The van der Waals surface area contributed by atoms with Gasteiger partial charge in [0.05, 0.1) is 14.2 Å². The summed E-state index contributed by atoms with van der Waals surface area (Å²) < 4.78 is 33.2. The average Bonchev–Trinajstić information content (AvgIpc) is 2.41. The van der Waals surface area contributed by atoms with Crippen LogP contribution < -0.4 is 19.9 Å². The Morgan fingerprint density at radius 3 is 2.40 bits per heavy atom. The van der Waals surface area contributed by atoms with Crippen LogP contribution in [-0.2, 0) is 10.0 Å². The highest BCUT2D eigenvalue weighted by Gasteiger charge is 2.22. The first-order valence-corrected chi connectivity index (χ1v) is 7.46. The third-order valence-electron chi connectivity index (χ3n) is 2.55. The van der Waals surface area contributed by atoms with Crippen LogP contribution in [0, 0.1) is 0 Å². The topological polar surface area (TPSA) is 108 Å². The first-order chi connectivity index (χ1) is 9.35. The third-order valence-corrected chi connectivity index (χ3v) is 3.47. The largest absolute Gasteiger partial charge is 0.493 e. The van der Waals surface area contributed by atoms with Crippen molar-refractivity contribution in [2.24, 2.45) is 5.14 Å². The predicted molar refractivity (Wildman–Crippen MR) is 73.5 cm³/mol. The van der Waals surface area contributed by atoms with Crippen LogP contribution in [0.3, 0.4) is 0 Å². The first-order valence-electron chi connectivity index (χ1n) is 5.92. The molecule has 7 nitrogen and oxygen atoms in total. The van der Waals surface area contributed by atoms with Crippen LogP contribution in [0.4, 0.5) is 0 Å². The molecule has 0 saturated carbocycles. The average molecular weight is 302 g/mol. The number of carbonyl (C=O) groups is 1. The van der Waals surface area contributed by atoms with E-state index in [2.05, 4.69) is 5.32 Å². The van der Waals surface area contributed by atoms with Gasteiger partial charge in [-0.3, -0.25) is 4.79 Å². The molecule has 1 rings (SSSR count). The number of hydrogen-bond donors (Lipinski definition) is 2. The van der Waals surface area contributed by atoms with Crippen molar-refractivity contribution in [2.75, 3.05) is 20.8 Å². The van der Waals surface area contributed by atoms with Gasteiger partial charge in [-0.15, -0.1) is 0 Å². The maximum absolute atomic E-state index is 11.9. The minimum atomic E-state index is -4.04. The van der Waals surface area contributed by atoms with Crippen LogP contribution >= 0.6 is 0 Å². The molecule has 0 unspecified atom stereocenters. The van der Waals surface area contributed by atoms with E-state index in [4.69, 9.17) is 14.6 Å². The predicted octanol–water partition coefficient (Wildman–Crippen LogP) is 0.491. The van der Waals surface area contributed by atoms with E-state index in [9.17, 15) is 13.2 Å². The van der Waals surface area contributed by atoms with E-state index in [1.807, 2.05) is 6.92 Å². The summed E-state index contributed by atoms with van der Waals surface area (Å²) in [6.45, 7) is 2.39. The van der Waals surface area contributed by atoms with Gasteiger partial charge in [0, 0.05) is 12.1 Å². The van der Waals surface area contributed by atoms with Crippen molar-refractivity contribution < 1.29 is 22.7 Å². The molecule has 0 fully saturated rings. The molecule has 0 aromatic heterocycles. The van der Waals surface area contributed by atoms with Crippen molar-refractivity contribution in [1.29, 1.82) is 0 Å². The van der Waals surface area contributed by atoms with Gasteiger partial charge in [0.25, 0.3) is 5.91 Å². The van der Waals surface area contributed by atoms with Crippen LogP contribution in [0.1, 0.15) is 23.7 Å². The molecule has 8 heteroatoms. The van der Waals surface area contributed by atoms with Crippen LogP contribution in [0.15, 0.2) is 17.0 Å². The molecule has 0 aliphatic carbocycles.